The lowest BCUT2D eigenvalue weighted by Gasteiger charge is -1.98. The van der Waals surface area contributed by atoms with Crippen LogP contribution in [0.2, 0.25) is 0 Å². The molecule has 0 atom stereocenters. The number of nitrogens with two attached hydrogens (primary N) is 1. The number of hydrogen-bond acceptors (Lipinski definition) is 3. The first kappa shape index (κ1) is 9.86. The van der Waals surface area contributed by atoms with Crippen LogP contribution in [-0.2, 0) is 13.0 Å². The normalized spacial score (nSPS) is 10.5. The summed E-state index contributed by atoms with van der Waals surface area (Å²) in [5, 5.41) is 6.88. The minimum Gasteiger partial charge on any atom is -0.324 e. The number of rotatable bonds is 3. The van der Waals surface area contributed by atoms with Crippen LogP contribution in [0.3, 0.4) is 0 Å². The van der Waals surface area contributed by atoms with Gasteiger partial charge in [-0.05, 0) is 12.5 Å². The molecule has 0 spiro atoms. The lowest BCUT2D eigenvalue weighted by Crippen LogP contribution is -1.98. The Balaban J connectivity index is 2.14. The Morgan fingerprint density at radius 3 is 2.93 bits per heavy atom. The molecule has 0 aliphatic rings. The van der Waals surface area contributed by atoms with E-state index in [0.29, 0.717) is 12.4 Å². The number of H-pyrrole nitrogens is 1. The molecule has 0 saturated heterocycles. The van der Waals surface area contributed by atoms with Crippen molar-refractivity contribution in [1.29, 1.82) is 0 Å². The first-order valence-electron chi connectivity index (χ1n) is 4.93. The van der Waals surface area contributed by atoms with E-state index in [-0.39, 0.29) is 0 Å². The van der Waals surface area contributed by atoms with Gasteiger partial charge in [-0.2, -0.15) is 5.10 Å². The molecule has 2 aromatic rings. The summed E-state index contributed by atoms with van der Waals surface area (Å²) in [6.45, 7) is 2.46. The zero-order valence-electron chi connectivity index (χ0n) is 8.70. The highest BCUT2D eigenvalue weighted by Crippen LogP contribution is 2.07. The van der Waals surface area contributed by atoms with Crippen molar-refractivity contribution in [3.05, 3.63) is 47.0 Å². The van der Waals surface area contributed by atoms with Gasteiger partial charge in [0.2, 0.25) is 0 Å². The van der Waals surface area contributed by atoms with Gasteiger partial charge in [0.05, 0.1) is 6.54 Å². The smallest absolute Gasteiger partial charge is 0.164 e. The fraction of sp³-hybridized carbons (Fsp3) is 0.273. The minimum atomic E-state index is 0.379. The number of aromatic nitrogens is 3. The predicted octanol–water partition coefficient (Wildman–Crippen LogP) is 1.16. The van der Waals surface area contributed by atoms with E-state index >= 15 is 0 Å². The van der Waals surface area contributed by atoms with Gasteiger partial charge in [0.1, 0.15) is 5.82 Å². The van der Waals surface area contributed by atoms with E-state index < -0.39 is 0 Å². The Kier molecular flexibility index (Phi) is 2.78. The topological polar surface area (TPSA) is 67.6 Å². The summed E-state index contributed by atoms with van der Waals surface area (Å²) in [5.41, 5.74) is 7.92. The minimum absolute atomic E-state index is 0.379. The first-order chi connectivity index (χ1) is 7.28. The molecule has 4 nitrogen and oxygen atoms in total. The van der Waals surface area contributed by atoms with E-state index in [2.05, 4.69) is 40.3 Å². The molecule has 0 fully saturated rings. The Morgan fingerprint density at radius 1 is 1.40 bits per heavy atom. The predicted molar refractivity (Wildman–Crippen MR) is 58.3 cm³/mol. The van der Waals surface area contributed by atoms with Crippen molar-refractivity contribution in [1.82, 2.24) is 15.2 Å². The molecule has 0 saturated carbocycles. The molecule has 1 heterocycles. The fourth-order valence-corrected chi connectivity index (χ4v) is 1.52. The molecule has 0 amide bonds. The molecule has 0 unspecified atom stereocenters. The zero-order valence-corrected chi connectivity index (χ0v) is 8.70. The average Bonchev–Trinajstić information content (AvgIpc) is 2.65. The van der Waals surface area contributed by atoms with Gasteiger partial charge in [-0.25, -0.2) is 4.98 Å². The van der Waals surface area contributed by atoms with Gasteiger partial charge in [0.15, 0.2) is 5.82 Å². The number of aryl methyl sites for hydroxylation is 1. The summed E-state index contributed by atoms with van der Waals surface area (Å²) in [4.78, 5) is 4.26. The summed E-state index contributed by atoms with van der Waals surface area (Å²) in [7, 11) is 0. The number of benzene rings is 1. The number of aromatic amines is 1. The van der Waals surface area contributed by atoms with E-state index in [0.717, 1.165) is 12.2 Å². The summed E-state index contributed by atoms with van der Waals surface area (Å²) in [6.07, 6.45) is 0.772. The van der Waals surface area contributed by atoms with Gasteiger partial charge in [0, 0.05) is 6.42 Å². The monoisotopic (exact) mass is 202 g/mol. The highest BCUT2D eigenvalue weighted by atomic mass is 15.2. The van der Waals surface area contributed by atoms with Crippen molar-refractivity contribution in [2.75, 3.05) is 0 Å². The number of nitrogens with zero attached hydrogens (tertiary/aromatic N) is 2. The molecular weight excluding hydrogens is 188 g/mol. The van der Waals surface area contributed by atoms with Gasteiger partial charge in [0.25, 0.3) is 0 Å². The molecule has 15 heavy (non-hydrogen) atoms. The van der Waals surface area contributed by atoms with Crippen LogP contribution in [0.4, 0.5) is 0 Å². The van der Waals surface area contributed by atoms with Crippen molar-refractivity contribution < 1.29 is 0 Å². The van der Waals surface area contributed by atoms with Gasteiger partial charge in [-0.3, -0.25) is 5.10 Å². The van der Waals surface area contributed by atoms with Gasteiger partial charge >= 0.3 is 0 Å². The molecule has 0 aliphatic carbocycles. The van der Waals surface area contributed by atoms with Crippen LogP contribution >= 0.6 is 0 Å². The van der Waals surface area contributed by atoms with Crippen LogP contribution in [0, 0.1) is 6.92 Å². The van der Waals surface area contributed by atoms with Crippen LogP contribution in [0.25, 0.3) is 0 Å². The molecule has 0 bridgehead atoms. The second-order valence-electron chi connectivity index (χ2n) is 3.57. The van der Waals surface area contributed by atoms with E-state index in [1.54, 1.807) is 0 Å². The van der Waals surface area contributed by atoms with Crippen LogP contribution in [0.5, 0.6) is 0 Å². The van der Waals surface area contributed by atoms with E-state index in [1.165, 1.54) is 11.1 Å². The average molecular weight is 202 g/mol. The lowest BCUT2D eigenvalue weighted by atomic mass is 10.1. The molecule has 1 aromatic carbocycles. The van der Waals surface area contributed by atoms with Crippen LogP contribution in [-0.4, -0.2) is 15.2 Å². The fourth-order valence-electron chi connectivity index (χ4n) is 1.52. The highest BCUT2D eigenvalue weighted by molar-refractivity contribution is 5.24. The van der Waals surface area contributed by atoms with Crippen molar-refractivity contribution in [3.63, 3.8) is 0 Å². The molecule has 2 rings (SSSR count). The highest BCUT2D eigenvalue weighted by Gasteiger charge is 2.02. The second-order valence-corrected chi connectivity index (χ2v) is 3.57. The molecular formula is C11H14N4. The largest absolute Gasteiger partial charge is 0.324 e. The van der Waals surface area contributed by atoms with Crippen molar-refractivity contribution >= 4 is 0 Å². The third-order valence-corrected chi connectivity index (χ3v) is 2.21. The third kappa shape index (κ3) is 2.41. The maximum Gasteiger partial charge on any atom is 0.164 e. The summed E-state index contributed by atoms with van der Waals surface area (Å²) >= 11 is 0. The standard InChI is InChI=1S/C11H14N4/c1-8-3-2-4-9(5-8)6-10-13-11(7-12)15-14-10/h2-5H,6-7,12H2,1H3,(H,13,14,15). The maximum absolute atomic E-state index is 5.44. The van der Waals surface area contributed by atoms with E-state index in [1.807, 2.05) is 6.07 Å². The van der Waals surface area contributed by atoms with Crippen molar-refractivity contribution in [3.8, 4) is 0 Å². The molecule has 0 aliphatic heterocycles. The number of nitrogens with one attached hydrogen (secondary N) is 1. The number of hydrogen-bond donors (Lipinski definition) is 2. The van der Waals surface area contributed by atoms with Crippen LogP contribution < -0.4 is 5.73 Å². The van der Waals surface area contributed by atoms with Crippen LogP contribution in [0.1, 0.15) is 22.8 Å². The summed E-state index contributed by atoms with van der Waals surface area (Å²) in [5.74, 6) is 1.53. The Labute approximate surface area is 88.5 Å². The summed E-state index contributed by atoms with van der Waals surface area (Å²) < 4.78 is 0. The quantitative estimate of drug-likeness (QED) is 0.784. The van der Waals surface area contributed by atoms with Gasteiger partial charge in [-0.1, -0.05) is 29.8 Å². The van der Waals surface area contributed by atoms with Gasteiger partial charge in [-0.15, -0.1) is 0 Å². The lowest BCUT2D eigenvalue weighted by molar-refractivity contribution is 0.916. The van der Waals surface area contributed by atoms with Crippen molar-refractivity contribution in [2.45, 2.75) is 19.9 Å². The first-order valence-corrected chi connectivity index (χ1v) is 4.93. The van der Waals surface area contributed by atoms with E-state index in [9.17, 15) is 0 Å². The van der Waals surface area contributed by atoms with E-state index in [4.69, 9.17) is 5.73 Å². The Hall–Kier alpha value is -1.68. The molecule has 78 valence electrons. The maximum atomic E-state index is 5.44. The molecule has 3 N–H and O–H groups in total. The zero-order chi connectivity index (χ0) is 10.7. The van der Waals surface area contributed by atoms with Crippen LogP contribution in [0.15, 0.2) is 24.3 Å². The van der Waals surface area contributed by atoms with Crippen molar-refractivity contribution in [2.24, 2.45) is 5.73 Å². The molecule has 0 radical (unpaired) electrons. The third-order valence-electron chi connectivity index (χ3n) is 2.21. The summed E-state index contributed by atoms with van der Waals surface area (Å²) in [6, 6.07) is 8.35. The SMILES string of the molecule is Cc1cccc(Cc2nc(CN)n[nH]2)c1. The molecule has 1 aromatic heterocycles. The Morgan fingerprint density at radius 2 is 2.27 bits per heavy atom. The second kappa shape index (κ2) is 4.23. The Bertz CT molecular complexity index is 447. The van der Waals surface area contributed by atoms with Gasteiger partial charge < -0.3 is 5.73 Å². The molecule has 4 heteroatoms.